The Morgan fingerprint density at radius 1 is 1.47 bits per heavy atom. The third-order valence-electron chi connectivity index (χ3n) is 3.04. The first-order chi connectivity index (χ1) is 7.98. The van der Waals surface area contributed by atoms with Gasteiger partial charge in [-0.3, -0.25) is 4.98 Å². The van der Waals surface area contributed by atoms with Gasteiger partial charge >= 0.3 is 0 Å². The Kier molecular flexibility index (Phi) is 5.02. The van der Waals surface area contributed by atoms with Crippen molar-refractivity contribution < 1.29 is 9.13 Å². The van der Waals surface area contributed by atoms with Crippen LogP contribution in [0.25, 0.3) is 0 Å². The summed E-state index contributed by atoms with van der Waals surface area (Å²) in [5, 5.41) is 3.19. The SMILES string of the molecule is CNC(CCC(C)(C)OC)c1ccc(F)cn1. The van der Waals surface area contributed by atoms with E-state index in [0.29, 0.717) is 0 Å². The average molecular weight is 240 g/mol. The molecule has 0 aliphatic rings. The van der Waals surface area contributed by atoms with Crippen molar-refractivity contribution in [3.8, 4) is 0 Å². The summed E-state index contributed by atoms with van der Waals surface area (Å²) in [5.74, 6) is -0.305. The molecular formula is C13H21FN2O. The molecule has 0 fully saturated rings. The first-order valence-corrected chi connectivity index (χ1v) is 5.82. The minimum absolute atomic E-state index is 0.130. The van der Waals surface area contributed by atoms with Gasteiger partial charge in [-0.2, -0.15) is 0 Å². The maximum absolute atomic E-state index is 12.8. The highest BCUT2D eigenvalue weighted by molar-refractivity contribution is 5.09. The second-order valence-electron chi connectivity index (χ2n) is 4.75. The van der Waals surface area contributed by atoms with Crippen LogP contribution in [-0.4, -0.2) is 24.7 Å². The number of nitrogens with one attached hydrogen (secondary N) is 1. The van der Waals surface area contributed by atoms with Gasteiger partial charge < -0.3 is 10.1 Å². The lowest BCUT2D eigenvalue weighted by atomic mass is 9.97. The molecule has 1 rings (SSSR count). The van der Waals surface area contributed by atoms with E-state index in [4.69, 9.17) is 4.74 Å². The van der Waals surface area contributed by atoms with Crippen LogP contribution in [0.4, 0.5) is 4.39 Å². The number of ether oxygens (including phenoxy) is 1. The number of methoxy groups -OCH3 is 1. The van der Waals surface area contributed by atoms with Crippen LogP contribution in [0, 0.1) is 5.82 Å². The predicted octanol–water partition coefficient (Wildman–Crippen LogP) is 2.69. The zero-order chi connectivity index (χ0) is 12.9. The van der Waals surface area contributed by atoms with Crippen LogP contribution < -0.4 is 5.32 Å². The summed E-state index contributed by atoms with van der Waals surface area (Å²) in [6, 6.07) is 3.29. The van der Waals surface area contributed by atoms with Gasteiger partial charge in [0.05, 0.1) is 17.5 Å². The summed E-state index contributed by atoms with van der Waals surface area (Å²) in [4.78, 5) is 4.10. The van der Waals surface area contributed by atoms with Gasteiger partial charge in [0.25, 0.3) is 0 Å². The topological polar surface area (TPSA) is 34.1 Å². The van der Waals surface area contributed by atoms with E-state index >= 15 is 0 Å². The smallest absolute Gasteiger partial charge is 0.141 e. The van der Waals surface area contributed by atoms with Gasteiger partial charge in [-0.15, -0.1) is 0 Å². The second kappa shape index (κ2) is 6.07. The standard InChI is InChI=1S/C13H21FN2O/c1-13(2,17-4)8-7-11(15-3)12-6-5-10(14)9-16-12/h5-6,9,11,15H,7-8H2,1-4H3. The van der Waals surface area contributed by atoms with Crippen LogP contribution in [0.2, 0.25) is 0 Å². The maximum Gasteiger partial charge on any atom is 0.141 e. The summed E-state index contributed by atoms with van der Waals surface area (Å²) < 4.78 is 18.2. The molecule has 1 atom stereocenters. The van der Waals surface area contributed by atoms with Crippen molar-refractivity contribution >= 4 is 0 Å². The van der Waals surface area contributed by atoms with Gasteiger partial charge in [0.1, 0.15) is 5.82 Å². The zero-order valence-corrected chi connectivity index (χ0v) is 11.0. The Labute approximate surface area is 102 Å². The molecule has 0 radical (unpaired) electrons. The molecule has 1 N–H and O–H groups in total. The fourth-order valence-corrected chi connectivity index (χ4v) is 1.63. The highest BCUT2D eigenvalue weighted by atomic mass is 19.1. The van der Waals surface area contributed by atoms with E-state index in [0.717, 1.165) is 18.5 Å². The highest BCUT2D eigenvalue weighted by Crippen LogP contribution is 2.23. The van der Waals surface area contributed by atoms with Crippen LogP contribution >= 0.6 is 0 Å². The van der Waals surface area contributed by atoms with Crippen molar-refractivity contribution in [1.29, 1.82) is 0 Å². The maximum atomic E-state index is 12.8. The van der Waals surface area contributed by atoms with Crippen molar-refractivity contribution in [3.63, 3.8) is 0 Å². The number of nitrogens with zero attached hydrogens (tertiary/aromatic N) is 1. The molecule has 0 amide bonds. The lowest BCUT2D eigenvalue weighted by molar-refractivity contribution is 0.0117. The first kappa shape index (κ1) is 14.1. The molecule has 17 heavy (non-hydrogen) atoms. The van der Waals surface area contributed by atoms with Crippen LogP contribution in [0.1, 0.15) is 38.4 Å². The molecule has 4 heteroatoms. The molecule has 0 bridgehead atoms. The Hall–Kier alpha value is -1.00. The molecule has 1 aromatic heterocycles. The van der Waals surface area contributed by atoms with Crippen LogP contribution in [-0.2, 0) is 4.74 Å². The van der Waals surface area contributed by atoms with Crippen molar-refractivity contribution in [1.82, 2.24) is 10.3 Å². The number of pyridine rings is 1. The lowest BCUT2D eigenvalue weighted by Gasteiger charge is -2.25. The predicted molar refractivity (Wildman–Crippen MR) is 66.3 cm³/mol. The third kappa shape index (κ3) is 4.40. The van der Waals surface area contributed by atoms with E-state index in [2.05, 4.69) is 24.1 Å². The van der Waals surface area contributed by atoms with Gasteiger partial charge in [0.15, 0.2) is 0 Å². The minimum Gasteiger partial charge on any atom is -0.379 e. The van der Waals surface area contributed by atoms with Gasteiger partial charge in [0.2, 0.25) is 0 Å². The van der Waals surface area contributed by atoms with E-state index < -0.39 is 0 Å². The Morgan fingerprint density at radius 3 is 2.65 bits per heavy atom. The zero-order valence-electron chi connectivity index (χ0n) is 11.0. The molecule has 0 saturated heterocycles. The number of rotatable bonds is 6. The number of hydrogen-bond donors (Lipinski definition) is 1. The number of hydrogen-bond acceptors (Lipinski definition) is 3. The van der Waals surface area contributed by atoms with Gasteiger partial charge in [-0.25, -0.2) is 4.39 Å². The van der Waals surface area contributed by atoms with E-state index in [9.17, 15) is 4.39 Å². The van der Waals surface area contributed by atoms with Gasteiger partial charge in [0, 0.05) is 13.2 Å². The summed E-state index contributed by atoms with van der Waals surface area (Å²) in [6.45, 7) is 4.11. The molecule has 0 spiro atoms. The molecule has 1 aromatic rings. The molecule has 0 saturated carbocycles. The molecule has 0 aromatic carbocycles. The minimum atomic E-state index is -0.305. The van der Waals surface area contributed by atoms with Crippen LogP contribution in [0.5, 0.6) is 0 Å². The monoisotopic (exact) mass is 240 g/mol. The van der Waals surface area contributed by atoms with Gasteiger partial charge in [-0.05, 0) is 45.9 Å². The van der Waals surface area contributed by atoms with E-state index in [1.807, 2.05) is 7.05 Å². The Bertz CT molecular complexity index is 338. The molecule has 0 aliphatic heterocycles. The van der Waals surface area contributed by atoms with Crippen molar-refractivity contribution in [2.75, 3.05) is 14.2 Å². The van der Waals surface area contributed by atoms with E-state index in [1.54, 1.807) is 13.2 Å². The highest BCUT2D eigenvalue weighted by Gasteiger charge is 2.20. The normalized spacial score (nSPS) is 13.7. The van der Waals surface area contributed by atoms with Crippen molar-refractivity contribution in [3.05, 3.63) is 29.8 Å². The molecule has 0 aliphatic carbocycles. The van der Waals surface area contributed by atoms with E-state index in [-0.39, 0.29) is 17.5 Å². The largest absolute Gasteiger partial charge is 0.379 e. The first-order valence-electron chi connectivity index (χ1n) is 5.82. The number of aromatic nitrogens is 1. The Balaban J connectivity index is 2.63. The van der Waals surface area contributed by atoms with Crippen molar-refractivity contribution in [2.24, 2.45) is 0 Å². The summed E-state index contributed by atoms with van der Waals surface area (Å²) >= 11 is 0. The van der Waals surface area contributed by atoms with Gasteiger partial charge in [-0.1, -0.05) is 0 Å². The Morgan fingerprint density at radius 2 is 2.18 bits per heavy atom. The third-order valence-corrected chi connectivity index (χ3v) is 3.04. The summed E-state index contributed by atoms with van der Waals surface area (Å²) in [5.41, 5.74) is 0.718. The lowest BCUT2D eigenvalue weighted by Crippen LogP contribution is -2.26. The molecule has 1 heterocycles. The fourth-order valence-electron chi connectivity index (χ4n) is 1.63. The average Bonchev–Trinajstić information content (AvgIpc) is 2.32. The van der Waals surface area contributed by atoms with Crippen LogP contribution in [0.3, 0.4) is 0 Å². The summed E-state index contributed by atoms with van der Waals surface area (Å²) in [6.07, 6.45) is 3.06. The molecule has 1 unspecified atom stereocenters. The molecule has 96 valence electrons. The number of halogens is 1. The van der Waals surface area contributed by atoms with Crippen LogP contribution in [0.15, 0.2) is 18.3 Å². The second-order valence-corrected chi connectivity index (χ2v) is 4.75. The van der Waals surface area contributed by atoms with E-state index in [1.165, 1.54) is 12.3 Å². The van der Waals surface area contributed by atoms with Crippen molar-refractivity contribution in [2.45, 2.75) is 38.3 Å². The fraction of sp³-hybridized carbons (Fsp3) is 0.615. The quantitative estimate of drug-likeness (QED) is 0.830. The summed E-state index contributed by atoms with van der Waals surface area (Å²) in [7, 11) is 3.60. The molecule has 3 nitrogen and oxygen atoms in total. The molecular weight excluding hydrogens is 219 g/mol.